The van der Waals surface area contributed by atoms with Gasteiger partial charge in [-0.3, -0.25) is 14.5 Å². The van der Waals surface area contributed by atoms with Crippen LogP contribution in [-0.4, -0.2) is 56.0 Å². The summed E-state index contributed by atoms with van der Waals surface area (Å²) in [5.74, 6) is 0.489. The van der Waals surface area contributed by atoms with Crippen molar-refractivity contribution in [2.75, 3.05) is 24.5 Å². The molecule has 2 aromatic rings. The van der Waals surface area contributed by atoms with Gasteiger partial charge in [-0.2, -0.15) is 5.10 Å². The van der Waals surface area contributed by atoms with Crippen LogP contribution in [0.4, 0.5) is 5.82 Å². The highest BCUT2D eigenvalue weighted by atomic mass is 16.3. The number of aromatic nitrogens is 4. The summed E-state index contributed by atoms with van der Waals surface area (Å²) in [6, 6.07) is 1.64. The maximum Gasteiger partial charge on any atom is 0.269 e. The third-order valence-electron chi connectivity index (χ3n) is 3.84. The molecule has 3 heterocycles. The molecule has 1 saturated heterocycles. The van der Waals surface area contributed by atoms with Gasteiger partial charge in [0.2, 0.25) is 0 Å². The van der Waals surface area contributed by atoms with Gasteiger partial charge in [-0.1, -0.05) is 0 Å². The minimum absolute atomic E-state index is 0.188. The van der Waals surface area contributed by atoms with Gasteiger partial charge in [0, 0.05) is 45.3 Å². The molecule has 116 valence electrons. The average molecular weight is 302 g/mol. The van der Waals surface area contributed by atoms with Gasteiger partial charge >= 0.3 is 0 Å². The highest BCUT2D eigenvalue weighted by molar-refractivity contribution is 5.92. The fourth-order valence-electron chi connectivity index (χ4n) is 2.58. The molecule has 8 heteroatoms. The normalized spacial score (nSPS) is 21.1. The summed E-state index contributed by atoms with van der Waals surface area (Å²) in [5.41, 5.74) is -0.501. The Kier molecular flexibility index (Phi) is 3.76. The van der Waals surface area contributed by atoms with Crippen LogP contribution in [0.3, 0.4) is 0 Å². The first-order chi connectivity index (χ1) is 10.6. The summed E-state index contributed by atoms with van der Waals surface area (Å²) < 4.78 is 1.50. The van der Waals surface area contributed by atoms with Gasteiger partial charge in [-0.15, -0.1) is 0 Å². The number of aryl methyl sites for hydroxylation is 1. The van der Waals surface area contributed by atoms with Crippen LogP contribution in [0.15, 0.2) is 30.9 Å². The first kappa shape index (κ1) is 14.5. The Labute approximate surface area is 127 Å². The van der Waals surface area contributed by atoms with E-state index in [1.54, 1.807) is 37.9 Å². The van der Waals surface area contributed by atoms with Crippen LogP contribution >= 0.6 is 0 Å². The Morgan fingerprint density at radius 1 is 1.45 bits per heavy atom. The molecular formula is C14H18N6O2. The molecule has 3 rings (SSSR count). The van der Waals surface area contributed by atoms with Crippen LogP contribution in [0, 0.1) is 0 Å². The number of nitrogens with zero attached hydrogens (tertiary/aromatic N) is 5. The van der Waals surface area contributed by atoms with E-state index in [1.165, 1.54) is 4.68 Å². The molecule has 2 N–H and O–H groups in total. The van der Waals surface area contributed by atoms with Crippen molar-refractivity contribution in [3.8, 4) is 0 Å². The van der Waals surface area contributed by atoms with E-state index in [0.717, 1.165) is 5.82 Å². The summed E-state index contributed by atoms with van der Waals surface area (Å²) in [4.78, 5) is 22.3. The highest BCUT2D eigenvalue weighted by Crippen LogP contribution is 2.24. The molecule has 0 spiro atoms. The van der Waals surface area contributed by atoms with Crippen molar-refractivity contribution in [3.05, 3.63) is 36.5 Å². The molecule has 1 atom stereocenters. The van der Waals surface area contributed by atoms with E-state index >= 15 is 0 Å². The molecule has 0 radical (unpaired) electrons. The molecule has 1 aliphatic heterocycles. The first-order valence-electron chi connectivity index (χ1n) is 7.07. The lowest BCUT2D eigenvalue weighted by molar-refractivity contribution is 0.0572. The molecule has 2 aromatic heterocycles. The molecule has 1 aliphatic rings. The molecule has 0 bridgehead atoms. The summed E-state index contributed by atoms with van der Waals surface area (Å²) in [6.07, 6.45) is 7.03. The number of aliphatic hydroxyl groups is 1. The summed E-state index contributed by atoms with van der Waals surface area (Å²) in [5, 5.41) is 17.3. The van der Waals surface area contributed by atoms with E-state index in [1.807, 2.05) is 4.90 Å². The number of hydrogen-bond acceptors (Lipinski definition) is 6. The summed E-state index contributed by atoms with van der Waals surface area (Å²) in [6.45, 7) is 1.28. The van der Waals surface area contributed by atoms with Crippen LogP contribution in [0.1, 0.15) is 16.9 Å². The molecule has 1 amide bonds. The monoisotopic (exact) mass is 302 g/mol. The van der Waals surface area contributed by atoms with Crippen molar-refractivity contribution in [1.29, 1.82) is 0 Å². The molecule has 8 nitrogen and oxygen atoms in total. The lowest BCUT2D eigenvalue weighted by Crippen LogP contribution is -2.45. The lowest BCUT2D eigenvalue weighted by Gasteiger charge is -2.24. The highest BCUT2D eigenvalue weighted by Gasteiger charge is 2.37. The van der Waals surface area contributed by atoms with Crippen molar-refractivity contribution in [2.45, 2.75) is 12.0 Å². The van der Waals surface area contributed by atoms with Crippen molar-refractivity contribution >= 4 is 11.7 Å². The Bertz CT molecular complexity index is 658. The Morgan fingerprint density at radius 2 is 2.32 bits per heavy atom. The molecule has 22 heavy (non-hydrogen) atoms. The Morgan fingerprint density at radius 3 is 3.00 bits per heavy atom. The minimum atomic E-state index is -0.966. The van der Waals surface area contributed by atoms with Crippen molar-refractivity contribution < 1.29 is 9.90 Å². The van der Waals surface area contributed by atoms with E-state index in [-0.39, 0.29) is 12.5 Å². The quantitative estimate of drug-likeness (QED) is 0.796. The molecule has 1 fully saturated rings. The van der Waals surface area contributed by atoms with E-state index < -0.39 is 5.60 Å². The van der Waals surface area contributed by atoms with Crippen LogP contribution in [0.5, 0.6) is 0 Å². The van der Waals surface area contributed by atoms with Crippen molar-refractivity contribution in [1.82, 2.24) is 25.1 Å². The van der Waals surface area contributed by atoms with Gasteiger partial charge in [-0.25, -0.2) is 4.98 Å². The maximum atomic E-state index is 12.1. The summed E-state index contributed by atoms with van der Waals surface area (Å²) >= 11 is 0. The van der Waals surface area contributed by atoms with E-state index in [9.17, 15) is 9.90 Å². The number of carbonyl (C=O) groups is 1. The van der Waals surface area contributed by atoms with Gasteiger partial charge in [0.15, 0.2) is 0 Å². The zero-order valence-electron chi connectivity index (χ0n) is 12.3. The number of rotatable bonds is 4. The molecule has 0 aromatic carbocycles. The molecular weight excluding hydrogens is 284 g/mol. The van der Waals surface area contributed by atoms with Crippen LogP contribution in [0.2, 0.25) is 0 Å². The third-order valence-corrected chi connectivity index (χ3v) is 3.84. The fraction of sp³-hybridized carbons (Fsp3) is 0.429. The van der Waals surface area contributed by atoms with Crippen molar-refractivity contribution in [2.24, 2.45) is 7.05 Å². The topological polar surface area (TPSA) is 96.2 Å². The maximum absolute atomic E-state index is 12.1. The van der Waals surface area contributed by atoms with Crippen LogP contribution in [-0.2, 0) is 7.05 Å². The van der Waals surface area contributed by atoms with Crippen LogP contribution in [0.25, 0.3) is 0 Å². The largest absolute Gasteiger partial charge is 0.386 e. The van der Waals surface area contributed by atoms with Gasteiger partial charge in [-0.05, 0) is 12.5 Å². The minimum Gasteiger partial charge on any atom is -0.386 e. The number of carbonyl (C=O) groups excluding carboxylic acids is 1. The zero-order chi connectivity index (χ0) is 15.6. The van der Waals surface area contributed by atoms with Gasteiger partial charge in [0.05, 0.1) is 6.20 Å². The number of β-amino-alcohol motifs (C(OH)–C–C–N with tert-alkyl or cyclic N) is 1. The zero-order valence-corrected chi connectivity index (χ0v) is 12.3. The molecule has 0 aliphatic carbocycles. The molecule has 0 saturated carbocycles. The van der Waals surface area contributed by atoms with E-state index in [2.05, 4.69) is 20.4 Å². The van der Waals surface area contributed by atoms with Gasteiger partial charge in [0.25, 0.3) is 5.91 Å². The number of hydrogen-bond donors (Lipinski definition) is 2. The van der Waals surface area contributed by atoms with E-state index in [0.29, 0.717) is 25.2 Å². The van der Waals surface area contributed by atoms with Gasteiger partial charge < -0.3 is 15.3 Å². The van der Waals surface area contributed by atoms with Crippen LogP contribution < -0.4 is 10.2 Å². The van der Waals surface area contributed by atoms with E-state index in [4.69, 9.17) is 0 Å². The number of anilines is 1. The second kappa shape index (κ2) is 5.72. The number of nitrogens with one attached hydrogen (secondary N) is 1. The van der Waals surface area contributed by atoms with Gasteiger partial charge in [0.1, 0.15) is 17.1 Å². The van der Waals surface area contributed by atoms with Crippen molar-refractivity contribution in [3.63, 3.8) is 0 Å². The first-order valence-corrected chi connectivity index (χ1v) is 7.07. The smallest absolute Gasteiger partial charge is 0.269 e. The summed E-state index contributed by atoms with van der Waals surface area (Å²) in [7, 11) is 1.70. The second-order valence-electron chi connectivity index (χ2n) is 5.48. The number of amides is 1. The third kappa shape index (κ3) is 2.91. The SMILES string of the molecule is Cn1nccc1C(=O)NCC1(O)CCN(c2cnccn2)C1. The average Bonchev–Trinajstić information content (AvgIpc) is 3.13. The fourth-order valence-corrected chi connectivity index (χ4v) is 2.58. The second-order valence-corrected chi connectivity index (χ2v) is 5.48. The predicted molar refractivity (Wildman–Crippen MR) is 79.4 cm³/mol. The lowest BCUT2D eigenvalue weighted by atomic mass is 10.0. The Balaban J connectivity index is 1.59. The predicted octanol–water partition coefficient (Wildman–Crippen LogP) is -0.419. The molecule has 1 unspecified atom stereocenters. The Hall–Kier alpha value is -2.48. The standard InChI is InChI=1S/C14H18N6O2/c1-19-11(2-4-18-19)13(21)17-9-14(22)3-7-20(10-14)12-8-15-5-6-16-12/h2,4-6,8,22H,3,7,9-10H2,1H3,(H,17,21).